The summed E-state index contributed by atoms with van der Waals surface area (Å²) in [5, 5.41) is 11.6. The zero-order chi connectivity index (χ0) is 24.6. The first-order chi connectivity index (χ1) is 17.6. The van der Waals surface area contributed by atoms with Gasteiger partial charge in [-0.1, -0.05) is 0 Å². The van der Waals surface area contributed by atoms with E-state index in [2.05, 4.69) is 45.1 Å². The van der Waals surface area contributed by atoms with Crippen LogP contribution in [-0.4, -0.2) is 90.5 Å². The number of rotatable bonds is 6. The van der Waals surface area contributed by atoms with Crippen LogP contribution in [0.2, 0.25) is 0 Å². The molecule has 0 bridgehead atoms. The van der Waals surface area contributed by atoms with Crippen LogP contribution in [0.1, 0.15) is 54.1 Å². The molecule has 0 aliphatic carbocycles. The highest BCUT2D eigenvalue weighted by atomic mass is 16.5. The number of anilines is 3. The predicted octanol–water partition coefficient (Wildman–Crippen LogP) is 3.70. The van der Waals surface area contributed by atoms with Gasteiger partial charge in [-0.25, -0.2) is 9.97 Å². The maximum absolute atomic E-state index is 8.05. The standard InChI is InChI=1S/C28H39N7O/c1-19-12-22(15-29)26(13-25(19)21-5-8-34(9-6-21)24-17-36-18-24)32-27-14-28(31-20(2)30-27)35-11-10-33-7-3-4-23(33)16-35/h12-15,21,23-24,29H,3-11,16-18H2,1-2H3,(H,30,31,32). The lowest BCUT2D eigenvalue weighted by atomic mass is 9.85. The SMILES string of the molecule is Cc1nc(Nc2cc(C3CCN(C4COC4)CC3)c(C)cc2C=N)cc(N2CCN3CCCC3C2)n1. The molecule has 2 N–H and O–H groups in total. The summed E-state index contributed by atoms with van der Waals surface area (Å²) in [5.74, 6) is 3.14. The summed E-state index contributed by atoms with van der Waals surface area (Å²) in [6.45, 7) is 12.6. The highest BCUT2D eigenvalue weighted by Crippen LogP contribution is 2.35. The van der Waals surface area contributed by atoms with Gasteiger partial charge >= 0.3 is 0 Å². The van der Waals surface area contributed by atoms with Crippen LogP contribution in [0, 0.1) is 19.3 Å². The van der Waals surface area contributed by atoms with E-state index >= 15 is 0 Å². The van der Waals surface area contributed by atoms with Crippen molar-refractivity contribution in [2.45, 2.75) is 57.5 Å². The van der Waals surface area contributed by atoms with Crippen molar-refractivity contribution in [2.24, 2.45) is 0 Å². The fraction of sp³-hybridized carbons (Fsp3) is 0.607. The molecule has 0 radical (unpaired) electrons. The third-order valence-electron chi connectivity index (χ3n) is 8.70. The molecule has 4 saturated heterocycles. The van der Waals surface area contributed by atoms with E-state index in [-0.39, 0.29) is 0 Å². The van der Waals surface area contributed by atoms with Crippen molar-refractivity contribution in [3.63, 3.8) is 0 Å². The van der Waals surface area contributed by atoms with Crippen molar-refractivity contribution in [1.82, 2.24) is 19.8 Å². The summed E-state index contributed by atoms with van der Waals surface area (Å²) in [7, 11) is 0. The molecule has 4 aliphatic heterocycles. The van der Waals surface area contributed by atoms with Gasteiger partial charge in [0.15, 0.2) is 0 Å². The van der Waals surface area contributed by atoms with E-state index in [1.165, 1.54) is 49.6 Å². The van der Waals surface area contributed by atoms with Crippen molar-refractivity contribution in [3.8, 4) is 0 Å². The fourth-order valence-electron chi connectivity index (χ4n) is 6.54. The number of nitrogens with one attached hydrogen (secondary N) is 2. The number of piperidine rings is 1. The number of likely N-dealkylation sites (tertiary alicyclic amines) is 1. The van der Waals surface area contributed by atoms with Crippen molar-refractivity contribution >= 4 is 23.5 Å². The van der Waals surface area contributed by atoms with Crippen molar-refractivity contribution < 1.29 is 4.74 Å². The number of hydrogen-bond donors (Lipinski definition) is 2. The van der Waals surface area contributed by atoms with Gasteiger partial charge in [-0.15, -0.1) is 0 Å². The third kappa shape index (κ3) is 4.74. The van der Waals surface area contributed by atoms with Crippen LogP contribution in [-0.2, 0) is 4.74 Å². The third-order valence-corrected chi connectivity index (χ3v) is 8.70. The van der Waals surface area contributed by atoms with Gasteiger partial charge < -0.3 is 20.4 Å². The Balaban J connectivity index is 1.21. The van der Waals surface area contributed by atoms with Crippen LogP contribution in [0.25, 0.3) is 0 Å². The van der Waals surface area contributed by atoms with E-state index < -0.39 is 0 Å². The monoisotopic (exact) mass is 489 g/mol. The zero-order valence-electron chi connectivity index (χ0n) is 21.7. The van der Waals surface area contributed by atoms with Gasteiger partial charge in [-0.05, 0) is 88.3 Å². The lowest BCUT2D eigenvalue weighted by molar-refractivity contribution is -0.0712. The summed E-state index contributed by atoms with van der Waals surface area (Å²) in [6.07, 6.45) is 6.39. The van der Waals surface area contributed by atoms with Gasteiger partial charge in [0.25, 0.3) is 0 Å². The number of nitrogens with zero attached hydrogens (tertiary/aromatic N) is 5. The number of fused-ring (bicyclic) bond motifs is 1. The van der Waals surface area contributed by atoms with Crippen LogP contribution in [0.15, 0.2) is 18.2 Å². The highest BCUT2D eigenvalue weighted by Gasteiger charge is 2.32. The second-order valence-corrected chi connectivity index (χ2v) is 11.0. The maximum Gasteiger partial charge on any atom is 0.136 e. The van der Waals surface area contributed by atoms with E-state index in [9.17, 15) is 0 Å². The lowest BCUT2D eigenvalue weighted by Gasteiger charge is -2.41. The van der Waals surface area contributed by atoms with Gasteiger partial charge in [0.1, 0.15) is 17.5 Å². The number of piperazine rings is 1. The van der Waals surface area contributed by atoms with Crippen molar-refractivity contribution in [3.05, 3.63) is 40.7 Å². The quantitative estimate of drug-likeness (QED) is 0.599. The molecule has 0 amide bonds. The van der Waals surface area contributed by atoms with E-state index in [1.54, 1.807) is 0 Å². The van der Waals surface area contributed by atoms with E-state index in [0.717, 1.165) is 74.6 Å². The van der Waals surface area contributed by atoms with E-state index in [4.69, 9.17) is 20.1 Å². The first-order valence-corrected chi connectivity index (χ1v) is 13.7. The lowest BCUT2D eigenvalue weighted by Crippen LogP contribution is -2.51. The summed E-state index contributed by atoms with van der Waals surface area (Å²) < 4.78 is 5.40. The normalized spacial score (nSPS) is 23.9. The Morgan fingerprint density at radius 3 is 2.50 bits per heavy atom. The molecule has 0 spiro atoms. The summed E-state index contributed by atoms with van der Waals surface area (Å²) in [4.78, 5) is 17.2. The molecule has 1 atom stereocenters. The molecule has 8 heteroatoms. The van der Waals surface area contributed by atoms with Gasteiger partial charge in [0.2, 0.25) is 0 Å². The first kappa shape index (κ1) is 23.8. The molecular weight excluding hydrogens is 450 g/mol. The molecule has 1 aromatic carbocycles. The molecular formula is C28H39N7O. The largest absolute Gasteiger partial charge is 0.378 e. The number of aryl methyl sites for hydroxylation is 2. The summed E-state index contributed by atoms with van der Waals surface area (Å²) in [6, 6.07) is 7.79. The van der Waals surface area contributed by atoms with Crippen LogP contribution < -0.4 is 10.2 Å². The van der Waals surface area contributed by atoms with Crippen LogP contribution in [0.3, 0.4) is 0 Å². The Morgan fingerprint density at radius 2 is 1.75 bits per heavy atom. The number of ether oxygens (including phenoxy) is 1. The maximum atomic E-state index is 8.05. The van der Waals surface area contributed by atoms with Gasteiger partial charge in [-0.3, -0.25) is 9.80 Å². The van der Waals surface area contributed by atoms with Crippen molar-refractivity contribution in [1.29, 1.82) is 5.41 Å². The van der Waals surface area contributed by atoms with Crippen LogP contribution >= 0.6 is 0 Å². The molecule has 8 nitrogen and oxygen atoms in total. The Morgan fingerprint density at radius 1 is 0.944 bits per heavy atom. The average Bonchev–Trinajstić information content (AvgIpc) is 3.32. The van der Waals surface area contributed by atoms with Crippen LogP contribution in [0.5, 0.6) is 0 Å². The van der Waals surface area contributed by atoms with Gasteiger partial charge in [0.05, 0.1) is 19.3 Å². The Labute approximate surface area is 214 Å². The molecule has 36 heavy (non-hydrogen) atoms. The summed E-state index contributed by atoms with van der Waals surface area (Å²) >= 11 is 0. The van der Waals surface area contributed by atoms with Crippen LogP contribution in [0.4, 0.5) is 17.3 Å². The molecule has 4 fully saturated rings. The molecule has 2 aromatic rings. The topological polar surface area (TPSA) is 80.6 Å². The van der Waals surface area contributed by atoms with E-state index in [1.807, 2.05) is 6.92 Å². The minimum atomic E-state index is 0.549. The molecule has 192 valence electrons. The number of hydrogen-bond acceptors (Lipinski definition) is 8. The molecule has 0 saturated carbocycles. The Bertz CT molecular complexity index is 1110. The summed E-state index contributed by atoms with van der Waals surface area (Å²) in [5.41, 5.74) is 4.54. The molecule has 6 rings (SSSR count). The number of aromatic nitrogens is 2. The predicted molar refractivity (Wildman–Crippen MR) is 144 cm³/mol. The highest BCUT2D eigenvalue weighted by molar-refractivity contribution is 5.88. The average molecular weight is 490 g/mol. The minimum Gasteiger partial charge on any atom is -0.378 e. The molecule has 4 aliphatic rings. The molecule has 5 heterocycles. The smallest absolute Gasteiger partial charge is 0.136 e. The molecule has 1 unspecified atom stereocenters. The van der Waals surface area contributed by atoms with Gasteiger partial charge in [0, 0.05) is 49.2 Å². The van der Waals surface area contributed by atoms with Crippen molar-refractivity contribution in [2.75, 3.05) is 62.7 Å². The fourth-order valence-corrected chi connectivity index (χ4v) is 6.54. The van der Waals surface area contributed by atoms with E-state index in [0.29, 0.717) is 18.0 Å². The Hall–Kier alpha value is -2.55. The Kier molecular flexibility index (Phi) is 6.67. The second kappa shape index (κ2) is 10.1. The zero-order valence-corrected chi connectivity index (χ0v) is 21.7. The second-order valence-electron chi connectivity index (χ2n) is 11.0. The first-order valence-electron chi connectivity index (χ1n) is 13.7. The molecule has 1 aromatic heterocycles. The minimum absolute atomic E-state index is 0.549. The van der Waals surface area contributed by atoms with Gasteiger partial charge in [-0.2, -0.15) is 0 Å². The number of benzene rings is 1.